The van der Waals surface area contributed by atoms with Crippen molar-refractivity contribution in [1.82, 2.24) is 5.32 Å². The van der Waals surface area contributed by atoms with Gasteiger partial charge in [0.25, 0.3) is 0 Å². The summed E-state index contributed by atoms with van der Waals surface area (Å²) in [6.45, 7) is 1.96. The molecule has 0 aliphatic heterocycles. The number of nitrogens with one attached hydrogen (secondary N) is 1. The van der Waals surface area contributed by atoms with Crippen molar-refractivity contribution in [1.29, 1.82) is 0 Å². The van der Waals surface area contributed by atoms with Crippen molar-refractivity contribution < 1.29 is 9.90 Å². The van der Waals surface area contributed by atoms with Crippen LogP contribution in [0, 0.1) is 0 Å². The smallest absolute Gasteiger partial charge is 0.227 e. The molecule has 1 atom stereocenters. The van der Waals surface area contributed by atoms with Crippen LogP contribution in [0.4, 0.5) is 0 Å². The summed E-state index contributed by atoms with van der Waals surface area (Å²) < 4.78 is 0. The number of hydrogen-bond acceptors (Lipinski definition) is 2. The lowest BCUT2D eigenvalue weighted by Gasteiger charge is -2.37. The van der Waals surface area contributed by atoms with Crippen molar-refractivity contribution in [3.05, 3.63) is 35.9 Å². The minimum atomic E-state index is -0.391. The summed E-state index contributed by atoms with van der Waals surface area (Å²) in [7, 11) is 0. The molecule has 3 heteroatoms. The molecule has 19 heavy (non-hydrogen) atoms. The lowest BCUT2D eigenvalue weighted by molar-refractivity contribution is -0.125. The standard InChI is InChI=1S/C16H23NO2/c1-13(14-8-4-2-5-9-14)15(19)17-16(12-18)10-6-3-7-11-16/h2,4-5,8-9,13,18H,3,6-7,10-12H2,1H3,(H,17,19). The SMILES string of the molecule is CC(C(=O)NC1(CO)CCCCC1)c1ccccc1. The van der Waals surface area contributed by atoms with Gasteiger partial charge in [0.2, 0.25) is 5.91 Å². The van der Waals surface area contributed by atoms with E-state index in [-0.39, 0.29) is 18.4 Å². The first-order valence-electron chi connectivity index (χ1n) is 7.15. The van der Waals surface area contributed by atoms with Gasteiger partial charge in [-0.25, -0.2) is 0 Å². The minimum Gasteiger partial charge on any atom is -0.394 e. The normalized spacial score (nSPS) is 19.7. The number of amides is 1. The molecule has 3 nitrogen and oxygen atoms in total. The molecule has 1 fully saturated rings. The van der Waals surface area contributed by atoms with Crippen molar-refractivity contribution in [2.75, 3.05) is 6.61 Å². The molecule has 1 aliphatic rings. The number of carbonyl (C=O) groups excluding carboxylic acids is 1. The van der Waals surface area contributed by atoms with Crippen molar-refractivity contribution in [3.8, 4) is 0 Å². The molecule has 2 N–H and O–H groups in total. The summed E-state index contributed by atoms with van der Waals surface area (Å²) in [6, 6.07) is 9.78. The summed E-state index contributed by atoms with van der Waals surface area (Å²) >= 11 is 0. The van der Waals surface area contributed by atoms with Crippen LogP contribution in [-0.2, 0) is 4.79 Å². The third-order valence-corrected chi connectivity index (χ3v) is 4.19. The molecule has 0 spiro atoms. The van der Waals surface area contributed by atoms with E-state index in [1.807, 2.05) is 37.3 Å². The zero-order valence-electron chi connectivity index (χ0n) is 11.6. The molecule has 1 unspecified atom stereocenters. The van der Waals surface area contributed by atoms with Gasteiger partial charge in [0.05, 0.1) is 18.1 Å². The molecule has 1 amide bonds. The quantitative estimate of drug-likeness (QED) is 0.875. The van der Waals surface area contributed by atoms with E-state index in [9.17, 15) is 9.90 Å². The maximum atomic E-state index is 12.4. The van der Waals surface area contributed by atoms with Crippen LogP contribution in [0.5, 0.6) is 0 Å². The maximum absolute atomic E-state index is 12.4. The Morgan fingerprint density at radius 3 is 2.47 bits per heavy atom. The van der Waals surface area contributed by atoms with E-state index >= 15 is 0 Å². The number of carbonyl (C=O) groups is 1. The van der Waals surface area contributed by atoms with Crippen molar-refractivity contribution in [2.24, 2.45) is 0 Å². The van der Waals surface area contributed by atoms with Gasteiger partial charge >= 0.3 is 0 Å². The molecule has 1 saturated carbocycles. The summed E-state index contributed by atoms with van der Waals surface area (Å²) in [5.74, 6) is -0.159. The van der Waals surface area contributed by atoms with E-state index in [0.717, 1.165) is 31.2 Å². The Kier molecular flexibility index (Phi) is 4.59. The summed E-state index contributed by atoms with van der Waals surface area (Å²) in [4.78, 5) is 12.4. The highest BCUT2D eigenvalue weighted by Gasteiger charge is 2.34. The van der Waals surface area contributed by atoms with Gasteiger partial charge in [0.1, 0.15) is 0 Å². The van der Waals surface area contributed by atoms with Gasteiger partial charge in [-0.1, -0.05) is 49.6 Å². The number of rotatable bonds is 4. The van der Waals surface area contributed by atoms with Gasteiger partial charge in [-0.15, -0.1) is 0 Å². The molecule has 0 heterocycles. The Balaban J connectivity index is 2.03. The lowest BCUT2D eigenvalue weighted by atomic mass is 9.81. The molecule has 1 aliphatic carbocycles. The van der Waals surface area contributed by atoms with E-state index in [0.29, 0.717) is 0 Å². The lowest BCUT2D eigenvalue weighted by Crippen LogP contribution is -2.53. The third kappa shape index (κ3) is 3.35. The summed E-state index contributed by atoms with van der Waals surface area (Å²) in [6.07, 6.45) is 5.14. The topological polar surface area (TPSA) is 49.3 Å². The zero-order valence-corrected chi connectivity index (χ0v) is 11.6. The van der Waals surface area contributed by atoms with Crippen LogP contribution < -0.4 is 5.32 Å². The van der Waals surface area contributed by atoms with Crippen LogP contribution >= 0.6 is 0 Å². The minimum absolute atomic E-state index is 0.0159. The van der Waals surface area contributed by atoms with Crippen LogP contribution in [0.15, 0.2) is 30.3 Å². The highest BCUT2D eigenvalue weighted by atomic mass is 16.3. The number of hydrogen-bond donors (Lipinski definition) is 2. The van der Waals surface area contributed by atoms with Gasteiger partial charge in [0.15, 0.2) is 0 Å². The fourth-order valence-electron chi connectivity index (χ4n) is 2.81. The Morgan fingerprint density at radius 1 is 1.26 bits per heavy atom. The van der Waals surface area contributed by atoms with E-state index in [2.05, 4.69) is 5.32 Å². The molecule has 1 aromatic carbocycles. The van der Waals surface area contributed by atoms with Gasteiger partial charge < -0.3 is 10.4 Å². The van der Waals surface area contributed by atoms with Gasteiger partial charge in [0, 0.05) is 0 Å². The largest absolute Gasteiger partial charge is 0.394 e. The third-order valence-electron chi connectivity index (χ3n) is 4.19. The highest BCUT2D eigenvalue weighted by molar-refractivity contribution is 5.83. The highest BCUT2D eigenvalue weighted by Crippen LogP contribution is 2.28. The average Bonchev–Trinajstić information content (AvgIpc) is 2.48. The second-order valence-corrected chi connectivity index (χ2v) is 5.62. The Morgan fingerprint density at radius 2 is 1.89 bits per heavy atom. The number of benzene rings is 1. The monoisotopic (exact) mass is 261 g/mol. The summed E-state index contributed by atoms with van der Waals surface area (Å²) in [5, 5.41) is 12.7. The van der Waals surface area contributed by atoms with E-state index in [1.165, 1.54) is 6.42 Å². The Labute approximate surface area is 115 Å². The predicted octanol–water partition coefficient (Wildman–Crippen LogP) is 2.60. The predicted molar refractivity (Wildman–Crippen MR) is 75.9 cm³/mol. The average molecular weight is 261 g/mol. The van der Waals surface area contributed by atoms with Crippen LogP contribution in [-0.4, -0.2) is 23.2 Å². The van der Waals surface area contributed by atoms with Crippen LogP contribution in [0.25, 0.3) is 0 Å². The number of aliphatic hydroxyl groups excluding tert-OH is 1. The molecule has 0 bridgehead atoms. The first kappa shape index (κ1) is 14.1. The molecule has 2 rings (SSSR count). The molecule has 0 saturated heterocycles. The molecule has 0 aromatic heterocycles. The van der Waals surface area contributed by atoms with E-state index < -0.39 is 5.54 Å². The van der Waals surface area contributed by atoms with Crippen LogP contribution in [0.3, 0.4) is 0 Å². The molecule has 0 radical (unpaired) electrons. The van der Waals surface area contributed by atoms with E-state index in [1.54, 1.807) is 0 Å². The first-order valence-corrected chi connectivity index (χ1v) is 7.15. The van der Waals surface area contributed by atoms with Gasteiger partial charge in [-0.2, -0.15) is 0 Å². The summed E-state index contributed by atoms with van der Waals surface area (Å²) in [5.41, 5.74) is 0.627. The molecule has 104 valence electrons. The van der Waals surface area contributed by atoms with Crippen LogP contribution in [0.1, 0.15) is 50.5 Å². The van der Waals surface area contributed by atoms with Crippen molar-refractivity contribution in [3.63, 3.8) is 0 Å². The van der Waals surface area contributed by atoms with Crippen LogP contribution in [0.2, 0.25) is 0 Å². The van der Waals surface area contributed by atoms with E-state index in [4.69, 9.17) is 0 Å². The molecule has 1 aromatic rings. The van der Waals surface area contributed by atoms with Gasteiger partial charge in [-0.05, 0) is 25.3 Å². The second-order valence-electron chi connectivity index (χ2n) is 5.62. The zero-order chi connectivity index (χ0) is 13.7. The maximum Gasteiger partial charge on any atom is 0.227 e. The molecular formula is C16H23NO2. The fourth-order valence-corrected chi connectivity index (χ4v) is 2.81. The van der Waals surface area contributed by atoms with Crippen molar-refractivity contribution >= 4 is 5.91 Å². The van der Waals surface area contributed by atoms with Crippen molar-refractivity contribution in [2.45, 2.75) is 50.5 Å². The molecular weight excluding hydrogens is 238 g/mol. The fraction of sp³-hybridized carbons (Fsp3) is 0.562. The van der Waals surface area contributed by atoms with Gasteiger partial charge in [-0.3, -0.25) is 4.79 Å². The Hall–Kier alpha value is -1.35. The Bertz CT molecular complexity index is 410. The number of aliphatic hydroxyl groups is 1. The first-order chi connectivity index (χ1) is 9.17. The second kappa shape index (κ2) is 6.20.